The number of hydrogen-bond donors (Lipinski definition) is 1. The Hall–Kier alpha value is -2.10. The predicted molar refractivity (Wildman–Crippen MR) is 90.1 cm³/mol. The van der Waals surface area contributed by atoms with Crippen LogP contribution in [0.3, 0.4) is 0 Å². The number of ether oxygens (including phenoxy) is 1. The maximum atomic E-state index is 11.5. The second kappa shape index (κ2) is 8.37. The van der Waals surface area contributed by atoms with Crippen molar-refractivity contribution in [3.05, 3.63) is 36.0 Å². The molecule has 0 aliphatic heterocycles. The van der Waals surface area contributed by atoms with Gasteiger partial charge in [-0.1, -0.05) is 44.4 Å². The minimum absolute atomic E-state index is 0.200. The molecule has 0 radical (unpaired) electrons. The van der Waals surface area contributed by atoms with Gasteiger partial charge in [0.05, 0.1) is 24.7 Å². The van der Waals surface area contributed by atoms with Gasteiger partial charge in [-0.2, -0.15) is 0 Å². The second-order valence-electron chi connectivity index (χ2n) is 5.42. The van der Waals surface area contributed by atoms with E-state index in [4.69, 9.17) is 4.74 Å². The van der Waals surface area contributed by atoms with Gasteiger partial charge in [-0.05, 0) is 18.6 Å². The number of rotatable bonds is 8. The number of carbonyl (C=O) groups excluding carboxylic acids is 1. The van der Waals surface area contributed by atoms with Crippen LogP contribution in [-0.4, -0.2) is 24.6 Å². The SMILES string of the molecule is CCCCCCNc1cc(CC(=O)OC)nc2ccccc12. The molecule has 0 saturated heterocycles. The maximum Gasteiger partial charge on any atom is 0.311 e. The molecule has 0 unspecified atom stereocenters. The molecule has 0 atom stereocenters. The zero-order valence-electron chi connectivity index (χ0n) is 13.4. The van der Waals surface area contributed by atoms with Crippen molar-refractivity contribution in [2.75, 3.05) is 19.0 Å². The number of benzene rings is 1. The molecular formula is C18H24N2O2. The van der Waals surface area contributed by atoms with Crippen LogP contribution in [0.1, 0.15) is 38.3 Å². The van der Waals surface area contributed by atoms with Crippen LogP contribution < -0.4 is 5.32 Å². The van der Waals surface area contributed by atoms with Gasteiger partial charge in [-0.25, -0.2) is 0 Å². The zero-order chi connectivity index (χ0) is 15.8. The molecule has 1 aromatic carbocycles. The summed E-state index contributed by atoms with van der Waals surface area (Å²) in [7, 11) is 1.40. The van der Waals surface area contributed by atoms with E-state index in [0.29, 0.717) is 0 Å². The number of hydrogen-bond acceptors (Lipinski definition) is 4. The molecule has 0 amide bonds. The molecule has 1 aromatic heterocycles. The number of carbonyl (C=O) groups is 1. The summed E-state index contributed by atoms with van der Waals surface area (Å²) in [6.45, 7) is 3.15. The maximum absolute atomic E-state index is 11.5. The molecule has 22 heavy (non-hydrogen) atoms. The van der Waals surface area contributed by atoms with E-state index in [-0.39, 0.29) is 12.4 Å². The number of anilines is 1. The molecule has 0 bridgehead atoms. The van der Waals surface area contributed by atoms with E-state index in [9.17, 15) is 4.79 Å². The number of para-hydroxylation sites is 1. The average molecular weight is 300 g/mol. The molecule has 118 valence electrons. The lowest BCUT2D eigenvalue weighted by Gasteiger charge is -2.11. The first-order valence-corrected chi connectivity index (χ1v) is 7.94. The van der Waals surface area contributed by atoms with Gasteiger partial charge < -0.3 is 10.1 Å². The van der Waals surface area contributed by atoms with Crippen LogP contribution >= 0.6 is 0 Å². The van der Waals surface area contributed by atoms with E-state index < -0.39 is 0 Å². The standard InChI is InChI=1S/C18H24N2O2/c1-3-4-5-8-11-19-17-12-14(13-18(21)22-2)20-16-10-7-6-9-15(16)17/h6-7,9-10,12H,3-5,8,11,13H2,1-2H3,(H,19,20). The van der Waals surface area contributed by atoms with Crippen LogP contribution in [0, 0.1) is 0 Å². The van der Waals surface area contributed by atoms with Gasteiger partial charge in [0, 0.05) is 17.6 Å². The van der Waals surface area contributed by atoms with Crippen molar-refractivity contribution < 1.29 is 9.53 Å². The highest BCUT2D eigenvalue weighted by Gasteiger charge is 2.09. The van der Waals surface area contributed by atoms with Crippen molar-refractivity contribution in [3.63, 3.8) is 0 Å². The Labute approximate surface area is 131 Å². The van der Waals surface area contributed by atoms with Crippen LogP contribution in [0.25, 0.3) is 10.9 Å². The number of unbranched alkanes of at least 4 members (excludes halogenated alkanes) is 3. The van der Waals surface area contributed by atoms with Crippen LogP contribution in [0.15, 0.2) is 30.3 Å². The normalized spacial score (nSPS) is 10.6. The lowest BCUT2D eigenvalue weighted by molar-refractivity contribution is -0.139. The van der Waals surface area contributed by atoms with E-state index >= 15 is 0 Å². The number of nitrogens with one attached hydrogen (secondary N) is 1. The first-order chi connectivity index (χ1) is 10.7. The highest BCUT2D eigenvalue weighted by molar-refractivity contribution is 5.91. The largest absolute Gasteiger partial charge is 0.469 e. The molecular weight excluding hydrogens is 276 g/mol. The molecule has 2 aromatic rings. The molecule has 4 heteroatoms. The minimum Gasteiger partial charge on any atom is -0.469 e. The zero-order valence-corrected chi connectivity index (χ0v) is 13.4. The summed E-state index contributed by atoms with van der Waals surface area (Å²) >= 11 is 0. The summed E-state index contributed by atoms with van der Waals surface area (Å²) in [5.41, 5.74) is 2.68. The van der Waals surface area contributed by atoms with Crippen molar-refractivity contribution in [2.24, 2.45) is 0 Å². The molecule has 2 rings (SSSR count). The molecule has 0 fully saturated rings. The minimum atomic E-state index is -0.267. The third kappa shape index (κ3) is 4.45. The van der Waals surface area contributed by atoms with Crippen LogP contribution in [0.5, 0.6) is 0 Å². The first-order valence-electron chi connectivity index (χ1n) is 7.94. The van der Waals surface area contributed by atoms with Gasteiger partial charge in [0.1, 0.15) is 0 Å². The highest BCUT2D eigenvalue weighted by atomic mass is 16.5. The monoisotopic (exact) mass is 300 g/mol. The van der Waals surface area contributed by atoms with Gasteiger partial charge in [-0.15, -0.1) is 0 Å². The molecule has 0 saturated carbocycles. The van der Waals surface area contributed by atoms with Gasteiger partial charge in [0.15, 0.2) is 0 Å². The average Bonchev–Trinajstić information content (AvgIpc) is 2.54. The Bertz CT molecular complexity index is 626. The molecule has 1 N–H and O–H groups in total. The molecule has 0 aliphatic rings. The van der Waals surface area contributed by atoms with E-state index in [1.807, 2.05) is 24.3 Å². The summed E-state index contributed by atoms with van der Waals surface area (Å²) < 4.78 is 4.73. The third-order valence-corrected chi connectivity index (χ3v) is 3.67. The van der Waals surface area contributed by atoms with E-state index in [1.165, 1.54) is 26.4 Å². The summed E-state index contributed by atoms with van der Waals surface area (Å²) in [6, 6.07) is 9.95. The van der Waals surface area contributed by atoms with Gasteiger partial charge in [-0.3, -0.25) is 9.78 Å². The quantitative estimate of drug-likeness (QED) is 0.592. The molecule has 0 aliphatic carbocycles. The molecule has 1 heterocycles. The summed E-state index contributed by atoms with van der Waals surface area (Å²) in [5.74, 6) is -0.267. The second-order valence-corrected chi connectivity index (χ2v) is 5.42. The number of esters is 1. The first kappa shape index (κ1) is 16.3. The topological polar surface area (TPSA) is 51.2 Å². The van der Waals surface area contributed by atoms with Gasteiger partial charge >= 0.3 is 5.97 Å². The third-order valence-electron chi connectivity index (χ3n) is 3.67. The summed E-state index contributed by atoms with van der Waals surface area (Å²) in [5, 5.41) is 4.58. The Kier molecular flexibility index (Phi) is 6.19. The van der Waals surface area contributed by atoms with Gasteiger partial charge in [0.2, 0.25) is 0 Å². The Morgan fingerprint density at radius 2 is 2.05 bits per heavy atom. The Morgan fingerprint density at radius 1 is 1.23 bits per heavy atom. The van der Waals surface area contributed by atoms with Crippen molar-refractivity contribution in [3.8, 4) is 0 Å². The lowest BCUT2D eigenvalue weighted by atomic mass is 10.1. The van der Waals surface area contributed by atoms with E-state index in [2.05, 4.69) is 23.3 Å². The van der Waals surface area contributed by atoms with Crippen LogP contribution in [-0.2, 0) is 16.0 Å². The Balaban J connectivity index is 2.16. The summed E-state index contributed by atoms with van der Waals surface area (Å²) in [6.07, 6.45) is 5.10. The van der Waals surface area contributed by atoms with E-state index in [0.717, 1.165) is 35.2 Å². The van der Waals surface area contributed by atoms with Crippen molar-refractivity contribution in [1.29, 1.82) is 0 Å². The van der Waals surface area contributed by atoms with Crippen molar-refractivity contribution in [1.82, 2.24) is 4.98 Å². The summed E-state index contributed by atoms with van der Waals surface area (Å²) in [4.78, 5) is 16.0. The van der Waals surface area contributed by atoms with Crippen molar-refractivity contribution >= 4 is 22.6 Å². The lowest BCUT2D eigenvalue weighted by Crippen LogP contribution is -2.08. The smallest absolute Gasteiger partial charge is 0.311 e. The highest BCUT2D eigenvalue weighted by Crippen LogP contribution is 2.23. The fourth-order valence-electron chi connectivity index (χ4n) is 2.46. The fourth-order valence-corrected chi connectivity index (χ4v) is 2.46. The van der Waals surface area contributed by atoms with Crippen LogP contribution in [0.4, 0.5) is 5.69 Å². The molecule has 4 nitrogen and oxygen atoms in total. The van der Waals surface area contributed by atoms with E-state index in [1.54, 1.807) is 0 Å². The number of fused-ring (bicyclic) bond motifs is 1. The number of pyridine rings is 1. The number of nitrogens with zero attached hydrogens (tertiary/aromatic N) is 1. The van der Waals surface area contributed by atoms with Gasteiger partial charge in [0.25, 0.3) is 0 Å². The number of aromatic nitrogens is 1. The van der Waals surface area contributed by atoms with Crippen LogP contribution in [0.2, 0.25) is 0 Å². The van der Waals surface area contributed by atoms with Crippen molar-refractivity contribution in [2.45, 2.75) is 39.0 Å². The Morgan fingerprint density at radius 3 is 2.82 bits per heavy atom. The number of methoxy groups -OCH3 is 1. The molecule has 0 spiro atoms. The fraction of sp³-hybridized carbons (Fsp3) is 0.444. The predicted octanol–water partition coefficient (Wildman–Crippen LogP) is 3.94.